The van der Waals surface area contributed by atoms with Crippen LogP contribution in [0, 0.1) is 5.41 Å². The number of rotatable bonds is 2. The average molecular weight is 312 g/mol. The molecule has 0 bridgehead atoms. The van der Waals surface area contributed by atoms with Crippen LogP contribution in [0.5, 0.6) is 0 Å². The van der Waals surface area contributed by atoms with Crippen LogP contribution in [0.3, 0.4) is 0 Å². The molecule has 2 aromatic rings. The second kappa shape index (κ2) is 4.85. The van der Waals surface area contributed by atoms with Crippen molar-refractivity contribution in [1.29, 1.82) is 0 Å². The fourth-order valence-electron chi connectivity index (χ4n) is 4.01. The van der Waals surface area contributed by atoms with Crippen LogP contribution >= 0.6 is 0 Å². The molecule has 0 atom stereocenters. The monoisotopic (exact) mass is 312 g/mol. The van der Waals surface area contributed by atoms with Crippen molar-refractivity contribution in [1.82, 2.24) is 9.47 Å². The number of aromatic carboxylic acids is 1. The van der Waals surface area contributed by atoms with E-state index in [1.54, 1.807) is 18.2 Å². The van der Waals surface area contributed by atoms with Crippen molar-refractivity contribution in [3.63, 3.8) is 0 Å². The van der Waals surface area contributed by atoms with Crippen molar-refractivity contribution in [2.24, 2.45) is 5.41 Å². The average Bonchev–Trinajstić information content (AvgIpc) is 2.80. The zero-order valence-corrected chi connectivity index (χ0v) is 13.2. The van der Waals surface area contributed by atoms with Gasteiger partial charge in [-0.25, -0.2) is 4.79 Å². The van der Waals surface area contributed by atoms with E-state index in [4.69, 9.17) is 0 Å². The normalized spacial score (nSPS) is 19.5. The SMILES string of the molecule is CCN1CC2(CCC2)Cn2c(cc3ccc(C(=O)O)cc32)C1=O. The minimum Gasteiger partial charge on any atom is -0.478 e. The third-order valence-corrected chi connectivity index (χ3v) is 5.47. The van der Waals surface area contributed by atoms with Crippen LogP contribution in [-0.2, 0) is 6.54 Å². The Bertz CT molecular complexity index is 817. The van der Waals surface area contributed by atoms with E-state index in [0.717, 1.165) is 36.8 Å². The van der Waals surface area contributed by atoms with Gasteiger partial charge in [-0.15, -0.1) is 0 Å². The predicted octanol–water partition coefficient (Wildman–Crippen LogP) is 2.99. The molecule has 0 saturated heterocycles. The Morgan fingerprint density at radius 2 is 2.04 bits per heavy atom. The van der Waals surface area contributed by atoms with E-state index < -0.39 is 5.97 Å². The summed E-state index contributed by atoms with van der Waals surface area (Å²) in [5.41, 5.74) is 1.97. The van der Waals surface area contributed by atoms with Crippen molar-refractivity contribution in [3.05, 3.63) is 35.5 Å². The van der Waals surface area contributed by atoms with Crippen LogP contribution in [-0.4, -0.2) is 39.5 Å². The summed E-state index contributed by atoms with van der Waals surface area (Å²) in [7, 11) is 0. The van der Waals surface area contributed by atoms with Gasteiger partial charge in [-0.1, -0.05) is 12.5 Å². The zero-order chi connectivity index (χ0) is 16.2. The molecule has 1 amide bonds. The molecule has 5 nitrogen and oxygen atoms in total. The molecule has 1 spiro atoms. The number of aromatic nitrogens is 1. The van der Waals surface area contributed by atoms with E-state index in [2.05, 4.69) is 4.57 Å². The highest BCUT2D eigenvalue weighted by Crippen LogP contribution is 2.45. The van der Waals surface area contributed by atoms with Gasteiger partial charge in [-0.2, -0.15) is 0 Å². The van der Waals surface area contributed by atoms with Crippen LogP contribution < -0.4 is 0 Å². The van der Waals surface area contributed by atoms with E-state index in [-0.39, 0.29) is 16.9 Å². The second-order valence-corrected chi connectivity index (χ2v) is 6.87. The fourth-order valence-corrected chi connectivity index (χ4v) is 4.01. The lowest BCUT2D eigenvalue weighted by atomic mass is 9.68. The third kappa shape index (κ3) is 2.06. The first kappa shape index (κ1) is 14.3. The van der Waals surface area contributed by atoms with Gasteiger partial charge < -0.3 is 14.6 Å². The summed E-state index contributed by atoms with van der Waals surface area (Å²) in [4.78, 5) is 26.1. The van der Waals surface area contributed by atoms with Crippen molar-refractivity contribution in [2.75, 3.05) is 13.1 Å². The topological polar surface area (TPSA) is 62.5 Å². The van der Waals surface area contributed by atoms with Crippen molar-refractivity contribution < 1.29 is 14.7 Å². The van der Waals surface area contributed by atoms with Crippen LogP contribution in [0.15, 0.2) is 24.3 Å². The first-order valence-electron chi connectivity index (χ1n) is 8.19. The number of hydrogen-bond donors (Lipinski definition) is 1. The van der Waals surface area contributed by atoms with E-state index >= 15 is 0 Å². The maximum Gasteiger partial charge on any atom is 0.335 e. The summed E-state index contributed by atoms with van der Waals surface area (Å²) < 4.78 is 2.05. The molecule has 1 aliphatic carbocycles. The molecule has 0 unspecified atom stereocenters. The summed E-state index contributed by atoms with van der Waals surface area (Å²) in [6.45, 7) is 4.34. The van der Waals surface area contributed by atoms with E-state index in [1.807, 2.05) is 17.9 Å². The Morgan fingerprint density at radius 1 is 1.26 bits per heavy atom. The summed E-state index contributed by atoms with van der Waals surface area (Å²) in [5.74, 6) is -0.875. The highest BCUT2D eigenvalue weighted by molar-refractivity contribution is 6.01. The Kier molecular flexibility index (Phi) is 3.01. The smallest absolute Gasteiger partial charge is 0.335 e. The molecule has 1 saturated carbocycles. The minimum absolute atomic E-state index is 0.0596. The van der Waals surface area contributed by atoms with Gasteiger partial charge in [0.15, 0.2) is 0 Å². The molecule has 2 aliphatic rings. The van der Waals surface area contributed by atoms with Crippen LogP contribution in [0.1, 0.15) is 47.0 Å². The molecule has 1 aliphatic heterocycles. The second-order valence-electron chi connectivity index (χ2n) is 6.87. The van der Waals surface area contributed by atoms with Crippen molar-refractivity contribution in [3.8, 4) is 0 Å². The quantitative estimate of drug-likeness (QED) is 0.927. The maximum atomic E-state index is 12.9. The minimum atomic E-state index is -0.934. The first-order chi connectivity index (χ1) is 11.0. The molecular weight excluding hydrogens is 292 g/mol. The molecule has 4 rings (SSSR count). The lowest BCUT2D eigenvalue weighted by molar-refractivity contribution is 0.0484. The zero-order valence-electron chi connectivity index (χ0n) is 13.2. The molecule has 23 heavy (non-hydrogen) atoms. The van der Waals surface area contributed by atoms with Crippen LogP contribution in [0.2, 0.25) is 0 Å². The summed E-state index contributed by atoms with van der Waals surface area (Å²) >= 11 is 0. The number of hydrogen-bond acceptors (Lipinski definition) is 2. The highest BCUT2D eigenvalue weighted by atomic mass is 16.4. The molecular formula is C18H20N2O3. The number of carboxylic acid groups (broad SMARTS) is 1. The van der Waals surface area contributed by atoms with E-state index in [1.165, 1.54) is 6.42 Å². The Labute approximate surface area is 134 Å². The van der Waals surface area contributed by atoms with E-state index in [9.17, 15) is 14.7 Å². The molecule has 1 aromatic carbocycles. The van der Waals surface area contributed by atoms with Crippen molar-refractivity contribution >= 4 is 22.8 Å². The number of nitrogens with zero attached hydrogens (tertiary/aromatic N) is 2. The Morgan fingerprint density at radius 3 is 2.65 bits per heavy atom. The fraction of sp³-hybridized carbons (Fsp3) is 0.444. The molecule has 5 heteroatoms. The van der Waals surface area contributed by atoms with Gasteiger partial charge >= 0.3 is 5.97 Å². The molecule has 120 valence electrons. The summed E-state index contributed by atoms with van der Waals surface area (Å²) in [6, 6.07) is 7.01. The first-order valence-corrected chi connectivity index (χ1v) is 8.19. The summed E-state index contributed by atoms with van der Waals surface area (Å²) in [5, 5.41) is 10.2. The van der Waals surface area contributed by atoms with Crippen molar-refractivity contribution in [2.45, 2.75) is 32.7 Å². The highest BCUT2D eigenvalue weighted by Gasteiger charge is 2.43. The lowest BCUT2D eigenvalue weighted by Gasteiger charge is -2.43. The van der Waals surface area contributed by atoms with Gasteiger partial charge in [0, 0.05) is 36.0 Å². The molecule has 1 aromatic heterocycles. The molecule has 2 heterocycles. The van der Waals surface area contributed by atoms with Gasteiger partial charge in [-0.3, -0.25) is 4.79 Å². The molecule has 1 fully saturated rings. The number of carbonyl (C=O) groups is 2. The number of carboxylic acids is 1. The van der Waals surface area contributed by atoms with Gasteiger partial charge in [0.25, 0.3) is 5.91 Å². The summed E-state index contributed by atoms with van der Waals surface area (Å²) in [6.07, 6.45) is 3.48. The largest absolute Gasteiger partial charge is 0.478 e. The molecule has 0 radical (unpaired) electrons. The van der Waals surface area contributed by atoms with Gasteiger partial charge in [0.2, 0.25) is 0 Å². The number of carbonyl (C=O) groups excluding carboxylic acids is 1. The number of fused-ring (bicyclic) bond motifs is 3. The maximum absolute atomic E-state index is 12.9. The predicted molar refractivity (Wildman–Crippen MR) is 86.8 cm³/mol. The van der Waals surface area contributed by atoms with Gasteiger partial charge in [-0.05, 0) is 38.0 Å². The standard InChI is InChI=1S/C18H20N2O3/c1-2-19-10-18(6-3-7-18)11-20-14-9-13(17(22)23)5-4-12(14)8-15(20)16(19)21/h4-5,8-9H,2-3,6-7,10-11H2,1H3,(H,22,23). The Balaban J connectivity index is 1.92. The number of benzene rings is 1. The number of amides is 1. The lowest BCUT2D eigenvalue weighted by Crippen LogP contribution is -2.44. The third-order valence-electron chi connectivity index (χ3n) is 5.47. The van der Waals surface area contributed by atoms with Gasteiger partial charge in [0.05, 0.1) is 5.56 Å². The van der Waals surface area contributed by atoms with E-state index in [0.29, 0.717) is 12.2 Å². The Hall–Kier alpha value is -2.30. The van der Waals surface area contributed by atoms with Crippen LogP contribution in [0.25, 0.3) is 10.9 Å². The molecule has 1 N–H and O–H groups in total. The van der Waals surface area contributed by atoms with Crippen LogP contribution in [0.4, 0.5) is 0 Å². The van der Waals surface area contributed by atoms with Gasteiger partial charge in [0.1, 0.15) is 5.69 Å².